The molecule has 3 unspecified atom stereocenters. The molecule has 1 aromatic rings. The number of aromatic hydroxyl groups is 1. The molecule has 0 aliphatic carbocycles. The van der Waals surface area contributed by atoms with Crippen molar-refractivity contribution in [2.45, 2.75) is 70.6 Å². The van der Waals surface area contributed by atoms with Gasteiger partial charge >= 0.3 is 5.97 Å². The fourth-order valence-electron chi connectivity index (χ4n) is 3.47. The molecule has 0 amide bonds. The molecule has 0 aliphatic heterocycles. The minimum absolute atomic E-state index is 0.0758. The molecule has 0 aliphatic rings. The van der Waals surface area contributed by atoms with E-state index in [2.05, 4.69) is 20.8 Å². The fraction of sp³-hybridized carbons (Fsp3) is 0.652. The van der Waals surface area contributed by atoms with E-state index >= 15 is 0 Å². The average Bonchev–Trinajstić information content (AvgIpc) is 2.68. The monoisotopic (exact) mass is 439 g/mol. The second kappa shape index (κ2) is 13.5. The summed E-state index contributed by atoms with van der Waals surface area (Å²) in [5.74, 6) is 1.13. The maximum absolute atomic E-state index is 12.6. The second-order valence-corrected chi connectivity index (χ2v) is 9.79. The summed E-state index contributed by atoms with van der Waals surface area (Å²) >= 11 is 1.50. The Balaban J connectivity index is 2.61. The standard InChI is InChI=1S/C23H37NO5S/c1-15(2)11-16(3)5-9-19(30-14-20(24)23(27)28)13-18(25)8-6-17-7-10-21(26)22(12-17)29-4/h7,10,12,15-16,19-20,26H,5-6,8-9,11,13-14,24H2,1-4H3,(H,27,28). The quantitative estimate of drug-likeness (QED) is 0.374. The molecule has 7 heteroatoms. The van der Waals surface area contributed by atoms with Crippen LogP contribution in [0.3, 0.4) is 0 Å². The average molecular weight is 440 g/mol. The van der Waals surface area contributed by atoms with Crippen LogP contribution in [0.15, 0.2) is 18.2 Å². The molecule has 6 nitrogen and oxygen atoms in total. The van der Waals surface area contributed by atoms with Crippen molar-refractivity contribution in [1.29, 1.82) is 0 Å². The Kier molecular flexibility index (Phi) is 11.9. The van der Waals surface area contributed by atoms with Crippen LogP contribution in [0.5, 0.6) is 11.5 Å². The number of ketones is 1. The molecule has 0 radical (unpaired) electrons. The van der Waals surface area contributed by atoms with Gasteiger partial charge in [-0.1, -0.05) is 26.8 Å². The first-order valence-electron chi connectivity index (χ1n) is 10.6. The van der Waals surface area contributed by atoms with Crippen LogP contribution in [-0.4, -0.2) is 46.1 Å². The van der Waals surface area contributed by atoms with Gasteiger partial charge in [0.2, 0.25) is 0 Å². The number of phenolic OH excluding ortho intramolecular Hbond substituents is 1. The molecule has 0 heterocycles. The number of nitrogens with two attached hydrogens (primary N) is 1. The third-order valence-electron chi connectivity index (χ3n) is 5.08. The zero-order chi connectivity index (χ0) is 22.7. The van der Waals surface area contributed by atoms with Crippen LogP contribution in [0.4, 0.5) is 0 Å². The van der Waals surface area contributed by atoms with Gasteiger partial charge in [0.15, 0.2) is 11.5 Å². The highest BCUT2D eigenvalue weighted by atomic mass is 32.2. The summed E-state index contributed by atoms with van der Waals surface area (Å²) in [6.45, 7) is 6.64. The number of hydrogen-bond acceptors (Lipinski definition) is 6. The molecule has 0 saturated heterocycles. The van der Waals surface area contributed by atoms with Gasteiger partial charge in [-0.2, -0.15) is 11.8 Å². The number of aliphatic carboxylic acids is 1. The first kappa shape index (κ1) is 26.3. The Labute approximate surface area is 184 Å². The van der Waals surface area contributed by atoms with Crippen LogP contribution in [-0.2, 0) is 16.0 Å². The number of methoxy groups -OCH3 is 1. The SMILES string of the molecule is COc1cc(CCC(=O)CC(CCC(C)CC(C)C)SCC(N)C(=O)O)ccc1O. The molecule has 1 rings (SSSR count). The molecule has 30 heavy (non-hydrogen) atoms. The van der Waals surface area contributed by atoms with Crippen molar-refractivity contribution in [3.05, 3.63) is 23.8 Å². The molecule has 0 aromatic heterocycles. The van der Waals surface area contributed by atoms with Crippen LogP contribution < -0.4 is 10.5 Å². The summed E-state index contributed by atoms with van der Waals surface area (Å²) in [4.78, 5) is 23.6. The molecule has 170 valence electrons. The Bertz CT molecular complexity index is 680. The van der Waals surface area contributed by atoms with E-state index < -0.39 is 12.0 Å². The predicted octanol–water partition coefficient (Wildman–Crippen LogP) is 4.27. The fourth-order valence-corrected chi connectivity index (χ4v) is 4.69. The number of aryl methyl sites for hydroxylation is 1. The number of Topliss-reactive ketones (excluding diaryl/α,β-unsaturated/α-hetero) is 1. The van der Waals surface area contributed by atoms with E-state index in [0.717, 1.165) is 24.8 Å². The van der Waals surface area contributed by atoms with Gasteiger partial charge in [0.05, 0.1) is 7.11 Å². The molecule has 1 aromatic carbocycles. The van der Waals surface area contributed by atoms with E-state index in [0.29, 0.717) is 42.6 Å². The van der Waals surface area contributed by atoms with Gasteiger partial charge in [-0.25, -0.2) is 0 Å². The zero-order valence-corrected chi connectivity index (χ0v) is 19.4. The molecule has 3 atom stereocenters. The highest BCUT2D eigenvalue weighted by Gasteiger charge is 2.20. The maximum atomic E-state index is 12.6. The molecule has 0 bridgehead atoms. The van der Waals surface area contributed by atoms with E-state index in [9.17, 15) is 14.7 Å². The highest BCUT2D eigenvalue weighted by molar-refractivity contribution is 8.00. The van der Waals surface area contributed by atoms with Crippen LogP contribution in [0.25, 0.3) is 0 Å². The lowest BCUT2D eigenvalue weighted by Gasteiger charge is -2.20. The maximum Gasteiger partial charge on any atom is 0.321 e. The van der Waals surface area contributed by atoms with Gasteiger partial charge in [-0.3, -0.25) is 9.59 Å². The third-order valence-corrected chi connectivity index (χ3v) is 6.50. The number of carboxylic acid groups (broad SMARTS) is 1. The summed E-state index contributed by atoms with van der Waals surface area (Å²) in [5.41, 5.74) is 6.59. The lowest BCUT2D eigenvalue weighted by Crippen LogP contribution is -2.33. The van der Waals surface area contributed by atoms with Crippen LogP contribution in [0.2, 0.25) is 0 Å². The largest absolute Gasteiger partial charge is 0.504 e. The number of hydrogen-bond donors (Lipinski definition) is 3. The first-order valence-corrected chi connectivity index (χ1v) is 11.6. The number of thioether (sulfide) groups is 1. The molecular formula is C23H37NO5S. The minimum atomic E-state index is -1.01. The van der Waals surface area contributed by atoms with Gasteiger partial charge in [0, 0.05) is 23.8 Å². The van der Waals surface area contributed by atoms with Crippen molar-refractivity contribution in [3.8, 4) is 11.5 Å². The van der Waals surface area contributed by atoms with Crippen molar-refractivity contribution >= 4 is 23.5 Å². The highest BCUT2D eigenvalue weighted by Crippen LogP contribution is 2.28. The smallest absolute Gasteiger partial charge is 0.321 e. The number of ether oxygens (including phenoxy) is 1. The van der Waals surface area contributed by atoms with Gasteiger partial charge in [0.25, 0.3) is 0 Å². The summed E-state index contributed by atoms with van der Waals surface area (Å²) in [6, 6.07) is 4.19. The van der Waals surface area contributed by atoms with Crippen LogP contribution in [0, 0.1) is 11.8 Å². The van der Waals surface area contributed by atoms with Gasteiger partial charge in [-0.05, 0) is 55.2 Å². The van der Waals surface area contributed by atoms with Crippen molar-refractivity contribution in [2.75, 3.05) is 12.9 Å². The summed E-state index contributed by atoms with van der Waals surface area (Å²) in [5, 5.41) is 18.8. The van der Waals surface area contributed by atoms with E-state index in [1.54, 1.807) is 18.2 Å². The number of benzene rings is 1. The Hall–Kier alpha value is -1.73. The lowest BCUT2D eigenvalue weighted by molar-refractivity contribution is -0.137. The second-order valence-electron chi connectivity index (χ2n) is 8.46. The van der Waals surface area contributed by atoms with Gasteiger partial charge < -0.3 is 20.7 Å². The Morgan fingerprint density at radius 2 is 1.90 bits per heavy atom. The van der Waals surface area contributed by atoms with Crippen LogP contribution in [0.1, 0.15) is 58.4 Å². The molecule has 0 saturated carbocycles. The lowest BCUT2D eigenvalue weighted by atomic mass is 9.93. The number of carboxylic acids is 1. The number of phenols is 1. The van der Waals surface area contributed by atoms with Crippen molar-refractivity contribution in [3.63, 3.8) is 0 Å². The molecule has 4 N–H and O–H groups in total. The normalized spacial score (nSPS) is 14.3. The summed E-state index contributed by atoms with van der Waals surface area (Å²) in [6.07, 6.45) is 4.43. The number of rotatable bonds is 15. The van der Waals surface area contributed by atoms with E-state index in [-0.39, 0.29) is 16.8 Å². The van der Waals surface area contributed by atoms with Crippen molar-refractivity contribution in [2.24, 2.45) is 17.6 Å². The summed E-state index contributed by atoms with van der Waals surface area (Å²) in [7, 11) is 1.49. The predicted molar refractivity (Wildman–Crippen MR) is 122 cm³/mol. The van der Waals surface area contributed by atoms with Crippen molar-refractivity contribution in [1.82, 2.24) is 0 Å². The third kappa shape index (κ3) is 10.3. The topological polar surface area (TPSA) is 110 Å². The number of carbonyl (C=O) groups excluding carboxylic acids is 1. The van der Waals surface area contributed by atoms with Gasteiger partial charge in [0.1, 0.15) is 11.8 Å². The molecule has 0 fully saturated rings. The van der Waals surface area contributed by atoms with E-state index in [4.69, 9.17) is 15.6 Å². The molecule has 0 spiro atoms. The Morgan fingerprint density at radius 1 is 1.20 bits per heavy atom. The van der Waals surface area contributed by atoms with Crippen LogP contribution >= 0.6 is 11.8 Å². The van der Waals surface area contributed by atoms with Crippen molar-refractivity contribution < 1.29 is 24.5 Å². The molecular weight excluding hydrogens is 402 g/mol. The van der Waals surface area contributed by atoms with E-state index in [1.165, 1.54) is 18.9 Å². The first-order chi connectivity index (χ1) is 14.1. The Morgan fingerprint density at radius 3 is 2.50 bits per heavy atom. The summed E-state index contributed by atoms with van der Waals surface area (Å²) < 4.78 is 5.11. The van der Waals surface area contributed by atoms with E-state index in [1.807, 2.05) is 0 Å². The minimum Gasteiger partial charge on any atom is -0.504 e. The zero-order valence-electron chi connectivity index (χ0n) is 18.6. The van der Waals surface area contributed by atoms with Gasteiger partial charge in [-0.15, -0.1) is 0 Å². The number of carbonyl (C=O) groups is 2.